The van der Waals surface area contributed by atoms with Crippen molar-refractivity contribution in [3.05, 3.63) is 29.8 Å². The van der Waals surface area contributed by atoms with Gasteiger partial charge in [0.15, 0.2) is 0 Å². The summed E-state index contributed by atoms with van der Waals surface area (Å²) in [5.41, 5.74) is 0.864. The van der Waals surface area contributed by atoms with Gasteiger partial charge in [-0.2, -0.15) is 0 Å². The van der Waals surface area contributed by atoms with Gasteiger partial charge in [-0.1, -0.05) is 12.1 Å². The molecule has 0 aromatic heterocycles. The lowest BCUT2D eigenvalue weighted by Crippen LogP contribution is -2.40. The van der Waals surface area contributed by atoms with E-state index in [0.717, 1.165) is 11.3 Å². The number of rotatable bonds is 8. The van der Waals surface area contributed by atoms with Gasteiger partial charge in [0.05, 0.1) is 26.9 Å². The van der Waals surface area contributed by atoms with Gasteiger partial charge in [-0.05, 0) is 17.7 Å². The van der Waals surface area contributed by atoms with Crippen molar-refractivity contribution in [1.29, 1.82) is 0 Å². The number of aliphatic hydroxyl groups is 1. The number of ether oxygens (including phenoxy) is 2. The van der Waals surface area contributed by atoms with Crippen molar-refractivity contribution in [2.45, 2.75) is 6.54 Å². The van der Waals surface area contributed by atoms with Crippen LogP contribution in [0.4, 0.5) is 0 Å². The highest BCUT2D eigenvalue weighted by atomic mass is 16.5. The Hall–Kier alpha value is -2.12. The summed E-state index contributed by atoms with van der Waals surface area (Å²) in [7, 11) is 1.57. The van der Waals surface area contributed by atoms with E-state index in [2.05, 4.69) is 10.6 Å². The fourth-order valence-electron chi connectivity index (χ4n) is 1.49. The van der Waals surface area contributed by atoms with E-state index in [1.54, 1.807) is 31.4 Å². The highest BCUT2D eigenvalue weighted by Gasteiger charge is 2.11. The third-order valence-electron chi connectivity index (χ3n) is 2.59. The van der Waals surface area contributed by atoms with Crippen molar-refractivity contribution in [3.63, 3.8) is 0 Å². The molecule has 1 aromatic carbocycles. The fraction of sp³-hybridized carbons (Fsp3) is 0.429. The zero-order chi connectivity index (χ0) is 15.5. The average molecular weight is 296 g/mol. The van der Waals surface area contributed by atoms with Crippen LogP contribution < -0.4 is 15.4 Å². The lowest BCUT2D eigenvalue weighted by molar-refractivity contribution is -0.139. The van der Waals surface area contributed by atoms with Crippen LogP contribution in [0.5, 0.6) is 5.75 Å². The van der Waals surface area contributed by atoms with Crippen LogP contribution in [0.15, 0.2) is 24.3 Å². The quantitative estimate of drug-likeness (QED) is 0.441. The van der Waals surface area contributed by atoms with Gasteiger partial charge in [0.2, 0.25) is 0 Å². The molecule has 3 N–H and O–H groups in total. The summed E-state index contributed by atoms with van der Waals surface area (Å²) in [6.07, 6.45) is 0. The molecule has 0 heterocycles. The molecule has 2 amide bonds. The summed E-state index contributed by atoms with van der Waals surface area (Å²) in [6.45, 7) is 0.861. The molecule has 1 rings (SSSR count). The average Bonchev–Trinajstić information content (AvgIpc) is 2.52. The van der Waals surface area contributed by atoms with E-state index in [9.17, 15) is 9.59 Å². The van der Waals surface area contributed by atoms with E-state index in [1.165, 1.54) is 0 Å². The second-order valence-electron chi connectivity index (χ2n) is 4.12. The first-order chi connectivity index (χ1) is 10.2. The highest BCUT2D eigenvalue weighted by Crippen LogP contribution is 2.10. The molecule has 0 aliphatic rings. The predicted molar refractivity (Wildman–Crippen MR) is 75.8 cm³/mol. The summed E-state index contributed by atoms with van der Waals surface area (Å²) < 4.78 is 9.98. The monoisotopic (exact) mass is 296 g/mol. The number of methoxy groups -OCH3 is 1. The van der Waals surface area contributed by atoms with E-state index in [0.29, 0.717) is 0 Å². The topological polar surface area (TPSA) is 96.9 Å². The largest absolute Gasteiger partial charge is 0.497 e. The summed E-state index contributed by atoms with van der Waals surface area (Å²) in [4.78, 5) is 23.0. The molecule has 0 saturated heterocycles. The molecule has 0 fully saturated rings. The van der Waals surface area contributed by atoms with Gasteiger partial charge in [-0.3, -0.25) is 9.59 Å². The van der Waals surface area contributed by atoms with Crippen LogP contribution in [-0.4, -0.2) is 50.4 Å². The lowest BCUT2D eigenvalue weighted by Gasteiger charge is -2.07. The van der Waals surface area contributed by atoms with Crippen molar-refractivity contribution in [1.82, 2.24) is 10.6 Å². The maximum Gasteiger partial charge on any atom is 0.309 e. The molecule has 0 unspecified atom stereocenters. The summed E-state index contributed by atoms with van der Waals surface area (Å²) in [5, 5.41) is 13.4. The second kappa shape index (κ2) is 9.73. The van der Waals surface area contributed by atoms with Gasteiger partial charge >= 0.3 is 11.8 Å². The van der Waals surface area contributed by atoms with E-state index in [4.69, 9.17) is 14.6 Å². The summed E-state index contributed by atoms with van der Waals surface area (Å²) in [6, 6.07) is 7.17. The highest BCUT2D eigenvalue weighted by molar-refractivity contribution is 6.35. The van der Waals surface area contributed by atoms with Crippen LogP contribution >= 0.6 is 0 Å². The van der Waals surface area contributed by atoms with E-state index < -0.39 is 11.8 Å². The third kappa shape index (κ3) is 6.73. The van der Waals surface area contributed by atoms with Crippen molar-refractivity contribution >= 4 is 11.8 Å². The molecule has 0 saturated carbocycles. The molecule has 0 bridgehead atoms. The molecule has 0 radical (unpaired) electrons. The minimum atomic E-state index is -0.712. The first-order valence-corrected chi connectivity index (χ1v) is 6.55. The number of hydrogen-bond donors (Lipinski definition) is 3. The SMILES string of the molecule is COc1ccc(CNC(=O)C(=O)NCCOCCO)cc1. The predicted octanol–water partition coefficient (Wildman–Crippen LogP) is -0.563. The Morgan fingerprint density at radius 2 is 1.76 bits per heavy atom. The van der Waals surface area contributed by atoms with Crippen molar-refractivity contribution in [2.75, 3.05) is 33.5 Å². The molecule has 0 aliphatic heterocycles. The van der Waals surface area contributed by atoms with Crippen LogP contribution in [0.2, 0.25) is 0 Å². The molecule has 7 nitrogen and oxygen atoms in total. The van der Waals surface area contributed by atoms with Gasteiger partial charge in [0, 0.05) is 13.1 Å². The van der Waals surface area contributed by atoms with Gasteiger partial charge in [0.1, 0.15) is 5.75 Å². The number of benzene rings is 1. The maximum atomic E-state index is 11.5. The van der Waals surface area contributed by atoms with Crippen LogP contribution in [0.25, 0.3) is 0 Å². The molecule has 1 aromatic rings. The Kier molecular flexibility index (Phi) is 7.85. The lowest BCUT2D eigenvalue weighted by atomic mass is 10.2. The molecule has 7 heteroatoms. The van der Waals surface area contributed by atoms with E-state index in [-0.39, 0.29) is 32.9 Å². The van der Waals surface area contributed by atoms with Crippen LogP contribution in [-0.2, 0) is 20.9 Å². The van der Waals surface area contributed by atoms with Crippen molar-refractivity contribution in [3.8, 4) is 5.75 Å². The molecule has 0 atom stereocenters. The zero-order valence-electron chi connectivity index (χ0n) is 11.9. The third-order valence-corrected chi connectivity index (χ3v) is 2.59. The van der Waals surface area contributed by atoms with E-state index in [1.807, 2.05) is 0 Å². The Balaban J connectivity index is 2.24. The Labute approximate surface area is 123 Å². The smallest absolute Gasteiger partial charge is 0.309 e. The summed E-state index contributed by atoms with van der Waals surface area (Å²) in [5.74, 6) is -0.685. The number of amides is 2. The first-order valence-electron chi connectivity index (χ1n) is 6.55. The van der Waals surface area contributed by atoms with Gasteiger partial charge in [-0.25, -0.2) is 0 Å². The Morgan fingerprint density at radius 1 is 1.10 bits per heavy atom. The van der Waals surface area contributed by atoms with Gasteiger partial charge in [-0.15, -0.1) is 0 Å². The maximum absolute atomic E-state index is 11.5. The van der Waals surface area contributed by atoms with Crippen molar-refractivity contribution < 1.29 is 24.2 Å². The van der Waals surface area contributed by atoms with Crippen molar-refractivity contribution in [2.24, 2.45) is 0 Å². The second-order valence-corrected chi connectivity index (χ2v) is 4.12. The Bertz CT molecular complexity index is 447. The normalized spacial score (nSPS) is 10.0. The number of nitrogens with one attached hydrogen (secondary N) is 2. The number of carbonyl (C=O) groups is 2. The molecule has 116 valence electrons. The molecular formula is C14H20N2O5. The van der Waals surface area contributed by atoms with Crippen LogP contribution in [0.3, 0.4) is 0 Å². The molecule has 0 spiro atoms. The molecular weight excluding hydrogens is 276 g/mol. The zero-order valence-corrected chi connectivity index (χ0v) is 11.9. The van der Waals surface area contributed by atoms with E-state index >= 15 is 0 Å². The van der Waals surface area contributed by atoms with Crippen LogP contribution in [0.1, 0.15) is 5.56 Å². The Morgan fingerprint density at radius 3 is 2.38 bits per heavy atom. The fourth-order valence-corrected chi connectivity index (χ4v) is 1.49. The van der Waals surface area contributed by atoms with Gasteiger partial charge in [0.25, 0.3) is 0 Å². The minimum absolute atomic E-state index is 0.0731. The molecule has 21 heavy (non-hydrogen) atoms. The minimum Gasteiger partial charge on any atom is -0.497 e. The number of hydrogen-bond acceptors (Lipinski definition) is 5. The number of aliphatic hydroxyl groups excluding tert-OH is 1. The number of carbonyl (C=O) groups excluding carboxylic acids is 2. The van der Waals surface area contributed by atoms with Crippen LogP contribution in [0, 0.1) is 0 Å². The first kappa shape index (κ1) is 16.9. The summed E-state index contributed by atoms with van der Waals surface area (Å²) >= 11 is 0. The molecule has 0 aliphatic carbocycles. The van der Waals surface area contributed by atoms with Gasteiger partial charge < -0.3 is 25.2 Å². The standard InChI is InChI=1S/C14H20N2O5/c1-20-12-4-2-11(3-5-12)10-16-14(19)13(18)15-6-8-21-9-7-17/h2-5,17H,6-10H2,1H3,(H,15,18)(H,16,19).